The summed E-state index contributed by atoms with van der Waals surface area (Å²) in [5.74, 6) is -0.183. The average molecular weight is 222 g/mol. The first kappa shape index (κ1) is 11.4. The highest BCUT2D eigenvalue weighted by Crippen LogP contribution is 2.23. The summed E-state index contributed by atoms with van der Waals surface area (Å²) in [6, 6.07) is 5.63. The molecule has 1 fully saturated rings. The second-order valence-corrected chi connectivity index (χ2v) is 4.68. The number of hydrogen-bond acceptors (Lipinski definition) is 2. The Morgan fingerprint density at radius 3 is 2.75 bits per heavy atom. The van der Waals surface area contributed by atoms with Gasteiger partial charge in [0.2, 0.25) is 0 Å². The molecule has 2 nitrogen and oxygen atoms in total. The van der Waals surface area contributed by atoms with Gasteiger partial charge in [-0.2, -0.15) is 0 Å². The maximum atomic E-state index is 13.6. The van der Waals surface area contributed by atoms with Gasteiger partial charge in [0.25, 0.3) is 0 Å². The molecule has 0 aromatic heterocycles. The van der Waals surface area contributed by atoms with Crippen molar-refractivity contribution in [3.05, 3.63) is 29.6 Å². The van der Waals surface area contributed by atoms with Gasteiger partial charge in [0.1, 0.15) is 5.82 Å². The minimum atomic E-state index is -0.183. The Balaban J connectivity index is 2.07. The molecule has 0 bridgehead atoms. The summed E-state index contributed by atoms with van der Waals surface area (Å²) in [6.45, 7) is 1.89. The second kappa shape index (κ2) is 4.83. The molecule has 0 aliphatic heterocycles. The van der Waals surface area contributed by atoms with E-state index >= 15 is 0 Å². The van der Waals surface area contributed by atoms with Crippen LogP contribution in [-0.2, 0) is 0 Å². The zero-order valence-corrected chi connectivity index (χ0v) is 9.67. The van der Waals surface area contributed by atoms with Crippen LogP contribution in [0.2, 0.25) is 0 Å². The Labute approximate surface area is 96.0 Å². The number of anilines is 1. The van der Waals surface area contributed by atoms with Crippen molar-refractivity contribution in [3.63, 3.8) is 0 Å². The van der Waals surface area contributed by atoms with Gasteiger partial charge in [0.05, 0.1) is 5.69 Å². The van der Waals surface area contributed by atoms with Gasteiger partial charge in [-0.15, -0.1) is 0 Å². The third kappa shape index (κ3) is 2.53. The zero-order valence-electron chi connectivity index (χ0n) is 9.67. The van der Waals surface area contributed by atoms with Crippen molar-refractivity contribution in [2.75, 3.05) is 5.32 Å². The number of rotatable bonds is 2. The van der Waals surface area contributed by atoms with E-state index in [1.54, 1.807) is 12.1 Å². The summed E-state index contributed by atoms with van der Waals surface area (Å²) in [6.07, 6.45) is 4.44. The third-order valence-corrected chi connectivity index (χ3v) is 3.28. The van der Waals surface area contributed by atoms with Gasteiger partial charge < -0.3 is 11.1 Å². The maximum absolute atomic E-state index is 13.6. The molecular formula is C13H19FN2. The van der Waals surface area contributed by atoms with Crippen molar-refractivity contribution >= 4 is 5.69 Å². The van der Waals surface area contributed by atoms with E-state index in [9.17, 15) is 4.39 Å². The van der Waals surface area contributed by atoms with E-state index < -0.39 is 0 Å². The van der Waals surface area contributed by atoms with E-state index in [1.807, 2.05) is 13.0 Å². The van der Waals surface area contributed by atoms with Crippen molar-refractivity contribution in [2.45, 2.75) is 44.7 Å². The molecule has 1 saturated carbocycles. The fourth-order valence-corrected chi connectivity index (χ4v) is 2.28. The summed E-state index contributed by atoms with van der Waals surface area (Å²) >= 11 is 0. The molecule has 0 heterocycles. The highest BCUT2D eigenvalue weighted by atomic mass is 19.1. The first-order chi connectivity index (χ1) is 7.66. The third-order valence-electron chi connectivity index (χ3n) is 3.28. The van der Waals surface area contributed by atoms with E-state index in [4.69, 9.17) is 5.73 Å². The highest BCUT2D eigenvalue weighted by Gasteiger charge is 2.22. The summed E-state index contributed by atoms with van der Waals surface area (Å²) in [5, 5.41) is 3.23. The minimum absolute atomic E-state index is 0.148. The zero-order chi connectivity index (χ0) is 11.5. The molecule has 1 aliphatic carbocycles. The van der Waals surface area contributed by atoms with Crippen LogP contribution in [0.3, 0.4) is 0 Å². The number of benzene rings is 1. The lowest BCUT2D eigenvalue weighted by atomic mass is 9.91. The van der Waals surface area contributed by atoms with Crippen LogP contribution in [0.5, 0.6) is 0 Å². The van der Waals surface area contributed by atoms with Gasteiger partial charge in [0, 0.05) is 12.1 Å². The summed E-state index contributed by atoms with van der Waals surface area (Å²) in [4.78, 5) is 0. The van der Waals surface area contributed by atoms with Crippen LogP contribution in [0, 0.1) is 12.7 Å². The first-order valence-electron chi connectivity index (χ1n) is 5.95. The van der Waals surface area contributed by atoms with E-state index in [0.29, 0.717) is 5.69 Å². The number of nitrogens with one attached hydrogen (secondary N) is 1. The molecule has 0 unspecified atom stereocenters. The second-order valence-electron chi connectivity index (χ2n) is 4.68. The smallest absolute Gasteiger partial charge is 0.146 e. The van der Waals surface area contributed by atoms with Gasteiger partial charge in [-0.3, -0.25) is 0 Å². The highest BCUT2D eigenvalue weighted by molar-refractivity contribution is 5.47. The Morgan fingerprint density at radius 1 is 1.31 bits per heavy atom. The summed E-state index contributed by atoms with van der Waals surface area (Å²) in [7, 11) is 0. The van der Waals surface area contributed by atoms with Gasteiger partial charge >= 0.3 is 0 Å². The van der Waals surface area contributed by atoms with Crippen LogP contribution in [0.15, 0.2) is 18.2 Å². The van der Waals surface area contributed by atoms with Crippen LogP contribution in [-0.4, -0.2) is 12.1 Å². The van der Waals surface area contributed by atoms with Crippen molar-refractivity contribution in [1.29, 1.82) is 0 Å². The van der Waals surface area contributed by atoms with Gasteiger partial charge in [-0.25, -0.2) is 4.39 Å². The van der Waals surface area contributed by atoms with Crippen molar-refractivity contribution in [1.82, 2.24) is 0 Å². The van der Waals surface area contributed by atoms with Crippen molar-refractivity contribution < 1.29 is 4.39 Å². The number of nitrogens with two attached hydrogens (primary N) is 1. The topological polar surface area (TPSA) is 38.0 Å². The first-order valence-corrected chi connectivity index (χ1v) is 5.95. The number of halogens is 1. The van der Waals surface area contributed by atoms with Crippen molar-refractivity contribution in [2.24, 2.45) is 5.73 Å². The number of hydrogen-bond donors (Lipinski definition) is 2. The predicted molar refractivity (Wildman–Crippen MR) is 65.0 cm³/mol. The number of aryl methyl sites for hydroxylation is 1. The van der Waals surface area contributed by atoms with Crippen LogP contribution in [0.4, 0.5) is 10.1 Å². The van der Waals surface area contributed by atoms with Crippen LogP contribution in [0.1, 0.15) is 31.2 Å². The van der Waals surface area contributed by atoms with E-state index in [1.165, 1.54) is 12.8 Å². The summed E-state index contributed by atoms with van der Waals surface area (Å²) < 4.78 is 13.6. The normalized spacial score (nSPS) is 25.4. The molecule has 2 atom stereocenters. The molecule has 88 valence electrons. The molecule has 2 rings (SSSR count). The molecule has 0 amide bonds. The molecule has 1 aromatic carbocycles. The lowest BCUT2D eigenvalue weighted by Crippen LogP contribution is -2.42. The average Bonchev–Trinajstić information content (AvgIpc) is 2.25. The monoisotopic (exact) mass is 222 g/mol. The van der Waals surface area contributed by atoms with Crippen LogP contribution < -0.4 is 11.1 Å². The Bertz CT molecular complexity index is 365. The fourth-order valence-electron chi connectivity index (χ4n) is 2.28. The minimum Gasteiger partial charge on any atom is -0.378 e. The summed E-state index contributed by atoms with van der Waals surface area (Å²) in [5.41, 5.74) is 7.54. The molecule has 0 spiro atoms. The Kier molecular flexibility index (Phi) is 3.44. The van der Waals surface area contributed by atoms with Crippen molar-refractivity contribution in [3.8, 4) is 0 Å². The lowest BCUT2D eigenvalue weighted by molar-refractivity contribution is 0.403. The van der Waals surface area contributed by atoms with Gasteiger partial charge in [-0.05, 0) is 37.5 Å². The van der Waals surface area contributed by atoms with Crippen LogP contribution in [0.25, 0.3) is 0 Å². The van der Waals surface area contributed by atoms with E-state index in [2.05, 4.69) is 5.32 Å². The molecule has 1 aliphatic rings. The quantitative estimate of drug-likeness (QED) is 0.807. The Morgan fingerprint density at radius 2 is 2.06 bits per heavy atom. The fraction of sp³-hybridized carbons (Fsp3) is 0.538. The van der Waals surface area contributed by atoms with E-state index in [-0.39, 0.29) is 17.9 Å². The van der Waals surface area contributed by atoms with Gasteiger partial charge in [0.15, 0.2) is 0 Å². The SMILES string of the molecule is Cc1ccc(N[C@@H]2CCCC[C@H]2N)c(F)c1. The van der Waals surface area contributed by atoms with Gasteiger partial charge in [-0.1, -0.05) is 18.9 Å². The standard InChI is InChI=1S/C13H19FN2/c1-9-6-7-12(10(14)8-9)16-13-5-3-2-4-11(13)15/h6-8,11,13,16H,2-5,15H2,1H3/t11-,13-/m1/s1. The molecule has 1 aromatic rings. The lowest BCUT2D eigenvalue weighted by Gasteiger charge is -2.30. The Hall–Kier alpha value is -1.09. The molecule has 3 heteroatoms. The molecule has 16 heavy (non-hydrogen) atoms. The predicted octanol–water partition coefficient (Wildman–Crippen LogP) is 2.82. The van der Waals surface area contributed by atoms with Crippen LogP contribution >= 0.6 is 0 Å². The molecule has 0 saturated heterocycles. The largest absolute Gasteiger partial charge is 0.378 e. The molecular weight excluding hydrogens is 203 g/mol. The molecule has 0 radical (unpaired) electrons. The molecule has 3 N–H and O–H groups in total. The van der Waals surface area contributed by atoms with E-state index in [0.717, 1.165) is 18.4 Å². The maximum Gasteiger partial charge on any atom is 0.146 e.